The van der Waals surface area contributed by atoms with Crippen LogP contribution >= 0.6 is 28.7 Å². The summed E-state index contributed by atoms with van der Waals surface area (Å²) in [5.41, 5.74) is 0.438. The second kappa shape index (κ2) is 4.22. The number of nitrogens with zero attached hydrogens (tertiary/aromatic N) is 1. The molecular weight excluding hydrogens is 284 g/mol. The van der Waals surface area contributed by atoms with Crippen molar-refractivity contribution in [2.24, 2.45) is 4.40 Å². The highest BCUT2D eigenvalue weighted by Crippen LogP contribution is 2.43. The predicted octanol–water partition coefficient (Wildman–Crippen LogP) is 3.87. The fraction of sp³-hybridized carbons (Fsp3) is 0.300. The largest absolute Gasteiger partial charge is 0.227 e. The topological polar surface area (TPSA) is 12.4 Å². The standard InChI is InChI=1S/C10H8BrF2NS/c11-8-3-6(5-1-2-5)9(12)7(4-14-15)10(8)13/h3-5,15H,1-2H2. The van der Waals surface area contributed by atoms with E-state index in [1.165, 1.54) is 6.07 Å². The summed E-state index contributed by atoms with van der Waals surface area (Å²) in [5.74, 6) is -0.917. The van der Waals surface area contributed by atoms with Gasteiger partial charge in [0.1, 0.15) is 11.6 Å². The van der Waals surface area contributed by atoms with Crippen molar-refractivity contribution in [3.05, 3.63) is 33.3 Å². The maximum atomic E-state index is 13.8. The van der Waals surface area contributed by atoms with Crippen LogP contribution in [0, 0.1) is 11.6 Å². The van der Waals surface area contributed by atoms with Crippen molar-refractivity contribution in [3.63, 3.8) is 0 Å². The molecule has 0 atom stereocenters. The van der Waals surface area contributed by atoms with Crippen molar-refractivity contribution in [1.29, 1.82) is 0 Å². The first-order valence-corrected chi connectivity index (χ1v) is 5.69. The lowest BCUT2D eigenvalue weighted by atomic mass is 10.1. The number of thiol groups is 1. The molecule has 0 radical (unpaired) electrons. The van der Waals surface area contributed by atoms with Crippen molar-refractivity contribution in [1.82, 2.24) is 0 Å². The van der Waals surface area contributed by atoms with Gasteiger partial charge in [-0.1, -0.05) is 0 Å². The van der Waals surface area contributed by atoms with E-state index < -0.39 is 11.6 Å². The zero-order valence-corrected chi connectivity index (χ0v) is 10.2. The Hall–Kier alpha value is -0.420. The second-order valence-electron chi connectivity index (χ2n) is 3.51. The molecule has 0 N–H and O–H groups in total. The number of rotatable bonds is 2. The average Bonchev–Trinajstić information content (AvgIpc) is 3.02. The van der Waals surface area contributed by atoms with Crippen LogP contribution in [0.3, 0.4) is 0 Å². The molecule has 1 fully saturated rings. The highest BCUT2D eigenvalue weighted by molar-refractivity contribution is 9.10. The molecular formula is C10H8BrF2NS. The first-order valence-electron chi connectivity index (χ1n) is 4.50. The lowest BCUT2D eigenvalue weighted by molar-refractivity contribution is 0.565. The van der Waals surface area contributed by atoms with Gasteiger partial charge in [-0.15, -0.1) is 0 Å². The molecule has 2 rings (SSSR count). The molecule has 0 amide bonds. The van der Waals surface area contributed by atoms with Gasteiger partial charge in [0.05, 0.1) is 10.0 Å². The van der Waals surface area contributed by atoms with E-state index in [2.05, 4.69) is 33.1 Å². The maximum absolute atomic E-state index is 13.8. The van der Waals surface area contributed by atoms with Crippen molar-refractivity contribution < 1.29 is 8.78 Å². The maximum Gasteiger partial charge on any atom is 0.149 e. The molecule has 0 aliphatic heterocycles. The van der Waals surface area contributed by atoms with Crippen LogP contribution in [0.4, 0.5) is 8.78 Å². The normalized spacial score (nSPS) is 16.3. The lowest BCUT2D eigenvalue weighted by Gasteiger charge is -2.07. The minimum atomic E-state index is -0.630. The fourth-order valence-corrected chi connectivity index (χ4v) is 2.08. The quantitative estimate of drug-likeness (QED) is 0.482. The Labute approximate surface area is 100 Å². The van der Waals surface area contributed by atoms with Crippen LogP contribution in [-0.4, -0.2) is 6.21 Å². The Bertz CT molecular complexity index is 430. The van der Waals surface area contributed by atoms with E-state index in [1.807, 2.05) is 0 Å². The third kappa shape index (κ3) is 2.08. The number of benzene rings is 1. The summed E-state index contributed by atoms with van der Waals surface area (Å²) in [4.78, 5) is 0. The summed E-state index contributed by atoms with van der Waals surface area (Å²) in [6.45, 7) is 0. The Morgan fingerprint density at radius 2 is 2.07 bits per heavy atom. The van der Waals surface area contributed by atoms with Crippen LogP contribution in [0.25, 0.3) is 0 Å². The predicted molar refractivity (Wildman–Crippen MR) is 62.6 cm³/mol. The second-order valence-corrected chi connectivity index (χ2v) is 4.59. The van der Waals surface area contributed by atoms with Crippen molar-refractivity contribution in [2.45, 2.75) is 18.8 Å². The molecule has 0 unspecified atom stereocenters. The number of hydrogen-bond acceptors (Lipinski definition) is 2. The molecule has 1 aromatic rings. The molecule has 1 aliphatic carbocycles. The van der Waals surface area contributed by atoms with E-state index in [1.54, 1.807) is 0 Å². The van der Waals surface area contributed by atoms with Crippen LogP contribution < -0.4 is 0 Å². The monoisotopic (exact) mass is 291 g/mol. The minimum absolute atomic E-state index is 0.124. The Morgan fingerprint density at radius 3 is 2.60 bits per heavy atom. The summed E-state index contributed by atoms with van der Waals surface area (Å²) < 4.78 is 30.9. The van der Waals surface area contributed by atoms with Gasteiger partial charge in [-0.3, -0.25) is 0 Å². The van der Waals surface area contributed by atoms with Gasteiger partial charge in [0.15, 0.2) is 0 Å². The van der Waals surface area contributed by atoms with Gasteiger partial charge < -0.3 is 0 Å². The highest BCUT2D eigenvalue weighted by atomic mass is 79.9. The third-order valence-corrected chi connectivity index (χ3v) is 3.11. The van der Waals surface area contributed by atoms with E-state index >= 15 is 0 Å². The summed E-state index contributed by atoms with van der Waals surface area (Å²) in [6.07, 6.45) is 3.02. The van der Waals surface area contributed by atoms with Gasteiger partial charge in [0, 0.05) is 6.21 Å². The molecule has 1 saturated carbocycles. The summed E-state index contributed by atoms with van der Waals surface area (Å²) >= 11 is 6.65. The molecule has 15 heavy (non-hydrogen) atoms. The molecule has 0 spiro atoms. The smallest absolute Gasteiger partial charge is 0.149 e. The van der Waals surface area contributed by atoms with Gasteiger partial charge >= 0.3 is 0 Å². The zero-order valence-electron chi connectivity index (χ0n) is 7.67. The van der Waals surface area contributed by atoms with Crippen molar-refractivity contribution in [2.75, 3.05) is 0 Å². The molecule has 5 heteroatoms. The van der Waals surface area contributed by atoms with E-state index in [0.717, 1.165) is 19.1 Å². The van der Waals surface area contributed by atoms with E-state index in [0.29, 0.717) is 5.56 Å². The molecule has 1 nitrogen and oxygen atoms in total. The first-order chi connectivity index (χ1) is 7.15. The molecule has 0 aromatic heterocycles. The third-order valence-electron chi connectivity index (χ3n) is 2.42. The number of halogens is 3. The van der Waals surface area contributed by atoms with Crippen LogP contribution in [0.15, 0.2) is 14.9 Å². The van der Waals surface area contributed by atoms with Crippen LogP contribution in [0.2, 0.25) is 0 Å². The molecule has 1 aromatic carbocycles. The van der Waals surface area contributed by atoms with Crippen molar-refractivity contribution >= 4 is 35.0 Å². The zero-order chi connectivity index (χ0) is 11.0. The molecule has 0 heterocycles. The summed E-state index contributed by atoms with van der Waals surface area (Å²) in [6, 6.07) is 1.51. The SMILES string of the molecule is Fc1c(Br)cc(C2CC2)c(F)c1C=NS. The van der Waals surface area contributed by atoms with Gasteiger partial charge in [-0.25, -0.2) is 13.2 Å². The van der Waals surface area contributed by atoms with E-state index in [9.17, 15) is 8.78 Å². The Morgan fingerprint density at radius 1 is 1.40 bits per heavy atom. The van der Waals surface area contributed by atoms with Crippen LogP contribution in [0.5, 0.6) is 0 Å². The fourth-order valence-electron chi connectivity index (χ4n) is 1.51. The Kier molecular flexibility index (Phi) is 3.11. The highest BCUT2D eigenvalue weighted by Gasteiger charge is 2.29. The van der Waals surface area contributed by atoms with Crippen LogP contribution in [-0.2, 0) is 0 Å². The van der Waals surface area contributed by atoms with Crippen molar-refractivity contribution in [3.8, 4) is 0 Å². The molecule has 0 saturated heterocycles. The molecule has 0 bridgehead atoms. The lowest BCUT2D eigenvalue weighted by Crippen LogP contribution is -2.00. The van der Waals surface area contributed by atoms with E-state index in [-0.39, 0.29) is 16.0 Å². The van der Waals surface area contributed by atoms with Gasteiger partial charge in [-0.2, -0.15) is 0 Å². The molecule has 1 aliphatic rings. The number of hydrogen-bond donors (Lipinski definition) is 1. The summed E-state index contributed by atoms with van der Waals surface area (Å²) in [5, 5.41) is 0. The van der Waals surface area contributed by atoms with Gasteiger partial charge in [0.25, 0.3) is 0 Å². The summed E-state index contributed by atoms with van der Waals surface area (Å²) in [7, 11) is 0. The molecule has 80 valence electrons. The van der Waals surface area contributed by atoms with E-state index in [4.69, 9.17) is 0 Å². The first kappa shape index (κ1) is 11.1. The average molecular weight is 292 g/mol. The van der Waals surface area contributed by atoms with Crippen LogP contribution in [0.1, 0.15) is 29.9 Å². The Balaban J connectivity index is 2.59. The van der Waals surface area contributed by atoms with Gasteiger partial charge in [0.2, 0.25) is 0 Å². The minimum Gasteiger partial charge on any atom is -0.227 e. The van der Waals surface area contributed by atoms with Gasteiger partial charge in [-0.05, 0) is 59.1 Å².